The molecule has 0 spiro atoms. The second-order valence-corrected chi connectivity index (χ2v) is 2.17. The fourth-order valence-electron chi connectivity index (χ4n) is 0.712. The van der Waals surface area contributed by atoms with Crippen LogP contribution >= 0.6 is 0 Å². The fourth-order valence-corrected chi connectivity index (χ4v) is 0.712. The zero-order valence-corrected chi connectivity index (χ0v) is 6.24. The lowest BCUT2D eigenvalue weighted by Gasteiger charge is -1.95. The monoisotopic (exact) mass is 146 g/mol. The van der Waals surface area contributed by atoms with Gasteiger partial charge in [-0.05, 0) is 19.3 Å². The molecule has 0 saturated heterocycles. The summed E-state index contributed by atoms with van der Waals surface area (Å²) in [5.41, 5.74) is 1.16. The van der Waals surface area contributed by atoms with Gasteiger partial charge in [-0.2, -0.15) is 0 Å². The topological polar surface area (TPSA) is 42.9 Å². The van der Waals surface area contributed by atoms with Gasteiger partial charge in [0.15, 0.2) is 5.78 Å². The predicted octanol–water partition coefficient (Wildman–Crippen LogP) is 0.555. The molecule has 0 aromatic carbocycles. The molecule has 1 aromatic heterocycles. The second-order valence-electron chi connectivity index (χ2n) is 2.17. The molecule has 1 heterocycles. The molecule has 0 amide bonds. The second kappa shape index (κ2) is 3.28. The zero-order chi connectivity index (χ0) is 8.27. The Balaban J connectivity index is 2.96. The summed E-state index contributed by atoms with van der Waals surface area (Å²) < 4.78 is 0. The van der Waals surface area contributed by atoms with Crippen molar-refractivity contribution in [3.8, 4) is 0 Å². The summed E-state index contributed by atoms with van der Waals surface area (Å²) in [5.74, 6) is -0.157. The highest BCUT2D eigenvalue weighted by Gasteiger charge is 2.02. The molecule has 3 nitrogen and oxygen atoms in total. The highest BCUT2D eigenvalue weighted by molar-refractivity contribution is 6.23. The SMILES string of the molecule is [B]CC(=O)c1cc(C)ncn1. The summed E-state index contributed by atoms with van der Waals surface area (Å²) in [6.07, 6.45) is 1.36. The van der Waals surface area contributed by atoms with E-state index in [-0.39, 0.29) is 12.1 Å². The van der Waals surface area contributed by atoms with E-state index in [0.29, 0.717) is 5.69 Å². The zero-order valence-electron chi connectivity index (χ0n) is 6.24. The van der Waals surface area contributed by atoms with Crippen molar-refractivity contribution in [3.05, 3.63) is 23.8 Å². The Morgan fingerprint density at radius 1 is 1.64 bits per heavy atom. The number of rotatable bonds is 2. The standard InChI is InChI=1S/C7H7BN2O/c1-5-2-6(7(11)3-8)10-4-9-5/h2,4H,3H2,1H3. The van der Waals surface area contributed by atoms with E-state index in [9.17, 15) is 4.79 Å². The average molecular weight is 146 g/mol. The molecule has 0 aliphatic heterocycles. The van der Waals surface area contributed by atoms with Crippen LogP contribution in [0.2, 0.25) is 6.32 Å². The number of hydrogen-bond acceptors (Lipinski definition) is 3. The molecule has 0 bridgehead atoms. The number of hydrogen-bond donors (Lipinski definition) is 0. The molecule has 4 heteroatoms. The quantitative estimate of drug-likeness (QED) is 0.452. The summed E-state index contributed by atoms with van der Waals surface area (Å²) in [4.78, 5) is 18.6. The van der Waals surface area contributed by atoms with Crippen LogP contribution in [0.4, 0.5) is 0 Å². The lowest BCUT2D eigenvalue weighted by atomic mass is 9.99. The van der Waals surface area contributed by atoms with E-state index in [2.05, 4.69) is 9.97 Å². The predicted molar refractivity (Wildman–Crippen MR) is 41.7 cm³/mol. The van der Waals surface area contributed by atoms with Gasteiger partial charge in [-0.25, -0.2) is 9.97 Å². The Bertz CT molecular complexity index is 275. The van der Waals surface area contributed by atoms with Gasteiger partial charge < -0.3 is 0 Å². The van der Waals surface area contributed by atoms with Gasteiger partial charge in [-0.3, -0.25) is 4.79 Å². The van der Waals surface area contributed by atoms with Crippen LogP contribution < -0.4 is 0 Å². The van der Waals surface area contributed by atoms with E-state index >= 15 is 0 Å². The lowest BCUT2D eigenvalue weighted by molar-refractivity contribution is 0.101. The smallest absolute Gasteiger partial charge is 0.172 e. The van der Waals surface area contributed by atoms with Crippen LogP contribution in [0.15, 0.2) is 12.4 Å². The number of carbonyl (C=O) groups excluding carboxylic acids is 1. The highest BCUT2D eigenvalue weighted by atomic mass is 16.1. The molecule has 0 unspecified atom stereocenters. The van der Waals surface area contributed by atoms with Crippen molar-refractivity contribution in [2.75, 3.05) is 0 Å². The first kappa shape index (κ1) is 7.92. The molecule has 11 heavy (non-hydrogen) atoms. The largest absolute Gasteiger partial charge is 0.293 e. The molecule has 54 valence electrons. The number of aryl methyl sites for hydroxylation is 1. The summed E-state index contributed by atoms with van der Waals surface area (Å²) in [7, 11) is 5.14. The van der Waals surface area contributed by atoms with Crippen LogP contribution in [0.3, 0.4) is 0 Å². The van der Waals surface area contributed by atoms with E-state index in [4.69, 9.17) is 7.85 Å². The first-order chi connectivity index (χ1) is 5.24. The normalized spacial score (nSPS) is 9.55. The molecule has 0 atom stereocenters. The molecule has 1 aromatic rings. The minimum Gasteiger partial charge on any atom is -0.293 e. The van der Waals surface area contributed by atoms with Crippen LogP contribution in [0.25, 0.3) is 0 Å². The third kappa shape index (κ3) is 1.87. The maximum atomic E-state index is 11.0. The van der Waals surface area contributed by atoms with Gasteiger partial charge >= 0.3 is 0 Å². The molecular weight excluding hydrogens is 139 g/mol. The van der Waals surface area contributed by atoms with Crippen LogP contribution in [-0.4, -0.2) is 23.6 Å². The van der Waals surface area contributed by atoms with E-state index < -0.39 is 0 Å². The van der Waals surface area contributed by atoms with Gasteiger partial charge in [0.1, 0.15) is 12.0 Å². The van der Waals surface area contributed by atoms with Gasteiger partial charge in [0.25, 0.3) is 0 Å². The number of ketones is 1. The molecular formula is C7H7BN2O. The summed E-state index contributed by atoms with van der Waals surface area (Å²) in [6.45, 7) is 1.80. The van der Waals surface area contributed by atoms with E-state index in [1.54, 1.807) is 13.0 Å². The Morgan fingerprint density at radius 3 is 2.91 bits per heavy atom. The minimum absolute atomic E-state index is 0.00352. The van der Waals surface area contributed by atoms with Crippen molar-refractivity contribution in [3.63, 3.8) is 0 Å². The summed E-state index contributed by atoms with van der Waals surface area (Å²) in [5, 5.41) is 0. The van der Waals surface area contributed by atoms with Crippen molar-refractivity contribution in [1.82, 2.24) is 9.97 Å². The first-order valence-corrected chi connectivity index (χ1v) is 3.26. The van der Waals surface area contributed by atoms with Gasteiger partial charge in [0.2, 0.25) is 0 Å². The maximum Gasteiger partial charge on any atom is 0.172 e. The maximum absolute atomic E-state index is 11.0. The van der Waals surface area contributed by atoms with Crippen LogP contribution in [0.1, 0.15) is 16.2 Å². The van der Waals surface area contributed by atoms with Gasteiger partial charge in [0, 0.05) is 5.69 Å². The third-order valence-corrected chi connectivity index (χ3v) is 1.27. The molecule has 0 aliphatic carbocycles. The van der Waals surface area contributed by atoms with Crippen LogP contribution in [-0.2, 0) is 0 Å². The number of Topliss-reactive ketones (excluding diaryl/α,β-unsaturated/α-hetero) is 1. The molecule has 0 N–H and O–H groups in total. The average Bonchev–Trinajstić information content (AvgIpc) is 2.03. The van der Waals surface area contributed by atoms with Crippen molar-refractivity contribution < 1.29 is 4.79 Å². The van der Waals surface area contributed by atoms with Gasteiger partial charge in [0.05, 0.1) is 7.85 Å². The van der Waals surface area contributed by atoms with Crippen molar-refractivity contribution in [2.24, 2.45) is 0 Å². The van der Waals surface area contributed by atoms with Crippen LogP contribution in [0, 0.1) is 6.92 Å². The fraction of sp³-hybridized carbons (Fsp3) is 0.286. The highest BCUT2D eigenvalue weighted by Crippen LogP contribution is 1.99. The van der Waals surface area contributed by atoms with Crippen LogP contribution in [0.5, 0.6) is 0 Å². The van der Waals surface area contributed by atoms with E-state index in [0.717, 1.165) is 5.69 Å². The summed E-state index contributed by atoms with van der Waals surface area (Å²) >= 11 is 0. The molecule has 0 saturated carbocycles. The Hall–Kier alpha value is -1.19. The first-order valence-electron chi connectivity index (χ1n) is 3.26. The Morgan fingerprint density at radius 2 is 2.36 bits per heavy atom. The lowest BCUT2D eigenvalue weighted by Crippen LogP contribution is -2.01. The summed E-state index contributed by atoms with van der Waals surface area (Å²) in [6, 6.07) is 1.62. The van der Waals surface area contributed by atoms with Crippen molar-refractivity contribution in [2.45, 2.75) is 13.2 Å². The number of carbonyl (C=O) groups is 1. The molecule has 0 aliphatic rings. The molecule has 1 rings (SSSR count). The minimum atomic E-state index is -0.157. The van der Waals surface area contributed by atoms with Crippen molar-refractivity contribution in [1.29, 1.82) is 0 Å². The molecule has 2 radical (unpaired) electrons. The van der Waals surface area contributed by atoms with Gasteiger partial charge in [-0.1, -0.05) is 0 Å². The number of nitrogens with zero attached hydrogens (tertiary/aromatic N) is 2. The Kier molecular flexibility index (Phi) is 2.36. The Labute approximate surface area is 66.3 Å². The molecule has 0 fully saturated rings. The van der Waals surface area contributed by atoms with E-state index in [1.807, 2.05) is 0 Å². The van der Waals surface area contributed by atoms with E-state index in [1.165, 1.54) is 6.33 Å². The third-order valence-electron chi connectivity index (χ3n) is 1.27. The number of aromatic nitrogens is 2. The van der Waals surface area contributed by atoms with Gasteiger partial charge in [-0.15, -0.1) is 0 Å². The van der Waals surface area contributed by atoms with Crippen molar-refractivity contribution >= 4 is 13.6 Å².